The zero-order valence-corrected chi connectivity index (χ0v) is 12.9. The molecular weight excluding hydrogens is 252 g/mol. The number of amides is 1. The predicted molar refractivity (Wildman–Crippen MR) is 79.5 cm³/mol. The van der Waals surface area contributed by atoms with Gasteiger partial charge in [-0.1, -0.05) is 13.3 Å². The molecule has 1 saturated carbocycles. The van der Waals surface area contributed by atoms with E-state index in [0.29, 0.717) is 11.8 Å². The molecule has 2 rings (SSSR count). The van der Waals surface area contributed by atoms with Crippen LogP contribution in [0.15, 0.2) is 0 Å². The first-order valence-electron chi connectivity index (χ1n) is 8.21. The fourth-order valence-electron chi connectivity index (χ4n) is 3.66. The van der Waals surface area contributed by atoms with Crippen LogP contribution >= 0.6 is 0 Å². The molecule has 1 amide bonds. The number of rotatable bonds is 6. The highest BCUT2D eigenvalue weighted by molar-refractivity contribution is 5.84. The van der Waals surface area contributed by atoms with Gasteiger partial charge in [0.25, 0.3) is 0 Å². The maximum absolute atomic E-state index is 12.2. The van der Waals surface area contributed by atoms with E-state index in [9.17, 15) is 9.59 Å². The summed E-state index contributed by atoms with van der Waals surface area (Å²) in [6, 6.07) is 0.199. The molecule has 0 radical (unpaired) electrons. The number of carbonyl (C=O) groups is 2. The van der Waals surface area contributed by atoms with Gasteiger partial charge in [0.2, 0.25) is 5.91 Å². The summed E-state index contributed by atoms with van der Waals surface area (Å²) in [4.78, 5) is 26.5. The summed E-state index contributed by atoms with van der Waals surface area (Å²) in [6.45, 7) is 5.83. The predicted octanol–water partition coefficient (Wildman–Crippen LogP) is 2.12. The van der Waals surface area contributed by atoms with Gasteiger partial charge in [-0.2, -0.15) is 0 Å². The zero-order valence-electron chi connectivity index (χ0n) is 12.9. The van der Waals surface area contributed by atoms with Gasteiger partial charge < -0.3 is 5.32 Å². The molecule has 0 aromatic carbocycles. The Hall–Kier alpha value is -0.900. The van der Waals surface area contributed by atoms with E-state index in [1.807, 2.05) is 6.92 Å². The molecule has 20 heavy (non-hydrogen) atoms. The average Bonchev–Trinajstić information content (AvgIpc) is 3.06. The van der Waals surface area contributed by atoms with E-state index < -0.39 is 0 Å². The lowest BCUT2D eigenvalue weighted by Gasteiger charge is -2.32. The van der Waals surface area contributed by atoms with Gasteiger partial charge in [0.05, 0.1) is 6.04 Å². The highest BCUT2D eigenvalue weighted by Crippen LogP contribution is 2.34. The SMILES string of the molecule is CCCCNC(=O)C(C)N1CCCC1C1CCCC1=O. The number of ketones is 1. The van der Waals surface area contributed by atoms with E-state index >= 15 is 0 Å². The largest absolute Gasteiger partial charge is 0.355 e. The molecule has 2 fully saturated rings. The molecule has 1 aliphatic carbocycles. The van der Waals surface area contributed by atoms with Crippen LogP contribution < -0.4 is 5.32 Å². The fourth-order valence-corrected chi connectivity index (χ4v) is 3.66. The Balaban J connectivity index is 1.92. The normalized spacial score (nSPS) is 28.8. The number of carbonyl (C=O) groups excluding carboxylic acids is 2. The summed E-state index contributed by atoms with van der Waals surface area (Å²) < 4.78 is 0. The van der Waals surface area contributed by atoms with Gasteiger partial charge in [-0.3, -0.25) is 14.5 Å². The first-order valence-corrected chi connectivity index (χ1v) is 8.21. The van der Waals surface area contributed by atoms with Crippen molar-refractivity contribution in [2.45, 2.75) is 70.9 Å². The van der Waals surface area contributed by atoms with Gasteiger partial charge in [-0.25, -0.2) is 0 Å². The second kappa shape index (κ2) is 7.21. The second-order valence-corrected chi connectivity index (χ2v) is 6.23. The van der Waals surface area contributed by atoms with Crippen molar-refractivity contribution < 1.29 is 9.59 Å². The quantitative estimate of drug-likeness (QED) is 0.758. The third-order valence-electron chi connectivity index (χ3n) is 4.86. The van der Waals surface area contributed by atoms with Crippen LogP contribution in [0.3, 0.4) is 0 Å². The molecule has 0 aromatic rings. The summed E-state index contributed by atoms with van der Waals surface area (Å²) in [5.74, 6) is 0.722. The van der Waals surface area contributed by atoms with Crippen LogP contribution in [-0.4, -0.2) is 41.8 Å². The van der Waals surface area contributed by atoms with Crippen molar-refractivity contribution in [1.29, 1.82) is 0 Å². The van der Waals surface area contributed by atoms with Crippen molar-refractivity contribution in [3.05, 3.63) is 0 Å². The summed E-state index contributed by atoms with van der Waals surface area (Å²) in [6.07, 6.45) is 7.10. The fraction of sp³-hybridized carbons (Fsp3) is 0.875. The molecule has 1 aliphatic heterocycles. The average molecular weight is 280 g/mol. The minimum Gasteiger partial charge on any atom is -0.355 e. The smallest absolute Gasteiger partial charge is 0.237 e. The third-order valence-corrected chi connectivity index (χ3v) is 4.86. The van der Waals surface area contributed by atoms with Gasteiger partial charge >= 0.3 is 0 Å². The molecule has 1 N–H and O–H groups in total. The van der Waals surface area contributed by atoms with Gasteiger partial charge in [-0.15, -0.1) is 0 Å². The zero-order chi connectivity index (χ0) is 14.5. The molecule has 0 bridgehead atoms. The van der Waals surface area contributed by atoms with Crippen LogP contribution in [0, 0.1) is 5.92 Å². The van der Waals surface area contributed by atoms with Crippen LogP contribution in [0.4, 0.5) is 0 Å². The highest BCUT2D eigenvalue weighted by atomic mass is 16.2. The maximum Gasteiger partial charge on any atom is 0.237 e. The van der Waals surface area contributed by atoms with E-state index in [0.717, 1.165) is 58.0 Å². The van der Waals surface area contributed by atoms with Crippen LogP contribution in [0.5, 0.6) is 0 Å². The number of nitrogens with zero attached hydrogens (tertiary/aromatic N) is 1. The molecule has 0 spiro atoms. The van der Waals surface area contributed by atoms with E-state index in [2.05, 4.69) is 17.1 Å². The molecule has 3 atom stereocenters. The van der Waals surface area contributed by atoms with Crippen molar-refractivity contribution >= 4 is 11.7 Å². The summed E-state index contributed by atoms with van der Waals surface area (Å²) in [7, 11) is 0. The van der Waals surface area contributed by atoms with E-state index in [1.165, 1.54) is 0 Å². The third kappa shape index (κ3) is 3.40. The second-order valence-electron chi connectivity index (χ2n) is 6.23. The number of likely N-dealkylation sites (tertiary alicyclic amines) is 1. The lowest BCUT2D eigenvalue weighted by atomic mass is 9.94. The lowest BCUT2D eigenvalue weighted by molar-refractivity contribution is -0.129. The highest BCUT2D eigenvalue weighted by Gasteiger charge is 2.40. The first-order chi connectivity index (χ1) is 9.65. The number of hydrogen-bond donors (Lipinski definition) is 1. The molecular formula is C16H28N2O2. The Labute approximate surface area is 122 Å². The molecule has 4 nitrogen and oxygen atoms in total. The van der Waals surface area contributed by atoms with Crippen molar-refractivity contribution in [2.24, 2.45) is 5.92 Å². The lowest BCUT2D eigenvalue weighted by Crippen LogP contribution is -2.50. The van der Waals surface area contributed by atoms with Crippen molar-refractivity contribution in [1.82, 2.24) is 10.2 Å². The molecule has 1 heterocycles. The summed E-state index contributed by atoms with van der Waals surface area (Å²) in [5, 5.41) is 3.02. The van der Waals surface area contributed by atoms with Gasteiger partial charge in [0.15, 0.2) is 0 Å². The standard InChI is InChI=1S/C16H28N2O2/c1-3-4-10-17-16(20)12(2)18-11-6-8-14(18)13-7-5-9-15(13)19/h12-14H,3-11H2,1-2H3,(H,17,20). The topological polar surface area (TPSA) is 49.4 Å². The molecule has 0 aromatic heterocycles. The van der Waals surface area contributed by atoms with Crippen molar-refractivity contribution in [2.75, 3.05) is 13.1 Å². The Bertz CT molecular complexity index is 356. The minimum atomic E-state index is -0.104. The van der Waals surface area contributed by atoms with Crippen LogP contribution in [0.1, 0.15) is 58.8 Å². The number of unbranched alkanes of at least 4 members (excludes halogenated alkanes) is 1. The van der Waals surface area contributed by atoms with Crippen LogP contribution in [0.25, 0.3) is 0 Å². The molecule has 3 unspecified atom stereocenters. The molecule has 114 valence electrons. The number of nitrogens with one attached hydrogen (secondary N) is 1. The van der Waals surface area contributed by atoms with Gasteiger partial charge in [0.1, 0.15) is 5.78 Å². The number of hydrogen-bond acceptors (Lipinski definition) is 3. The monoisotopic (exact) mass is 280 g/mol. The van der Waals surface area contributed by atoms with E-state index in [-0.39, 0.29) is 17.9 Å². The Morgan fingerprint density at radius 3 is 2.85 bits per heavy atom. The van der Waals surface area contributed by atoms with E-state index in [4.69, 9.17) is 0 Å². The Morgan fingerprint density at radius 2 is 2.20 bits per heavy atom. The van der Waals surface area contributed by atoms with Crippen molar-refractivity contribution in [3.8, 4) is 0 Å². The molecule has 1 saturated heterocycles. The van der Waals surface area contributed by atoms with Crippen LogP contribution in [-0.2, 0) is 9.59 Å². The maximum atomic E-state index is 12.2. The van der Waals surface area contributed by atoms with E-state index in [1.54, 1.807) is 0 Å². The van der Waals surface area contributed by atoms with Crippen molar-refractivity contribution in [3.63, 3.8) is 0 Å². The molecule has 4 heteroatoms. The van der Waals surface area contributed by atoms with Gasteiger partial charge in [-0.05, 0) is 45.6 Å². The summed E-state index contributed by atoms with van der Waals surface area (Å²) >= 11 is 0. The van der Waals surface area contributed by atoms with Gasteiger partial charge in [0, 0.05) is 24.9 Å². The first kappa shape index (κ1) is 15.5. The Kier molecular flexibility index (Phi) is 5.58. The number of Topliss-reactive ketones (excluding diaryl/α,β-unsaturated/α-hetero) is 1. The molecule has 2 aliphatic rings. The minimum absolute atomic E-state index is 0.104. The Morgan fingerprint density at radius 1 is 1.40 bits per heavy atom. The summed E-state index contributed by atoms with van der Waals surface area (Å²) in [5.41, 5.74) is 0. The van der Waals surface area contributed by atoms with Crippen LogP contribution in [0.2, 0.25) is 0 Å².